The van der Waals surface area contributed by atoms with Gasteiger partial charge >= 0.3 is 5.97 Å². The second-order valence-corrected chi connectivity index (χ2v) is 6.18. The molecule has 3 rings (SSSR count). The van der Waals surface area contributed by atoms with Crippen LogP contribution in [0.5, 0.6) is 5.75 Å². The number of aliphatic carboxylic acids is 1. The van der Waals surface area contributed by atoms with Crippen molar-refractivity contribution in [3.05, 3.63) is 66.2 Å². The number of rotatable bonds is 6. The molecule has 1 amide bonds. The van der Waals surface area contributed by atoms with Crippen molar-refractivity contribution in [2.24, 2.45) is 0 Å². The summed E-state index contributed by atoms with van der Waals surface area (Å²) in [5, 5.41) is 9.21. The molecule has 6 nitrogen and oxygen atoms in total. The third-order valence-electron chi connectivity index (χ3n) is 4.39. The van der Waals surface area contributed by atoms with Gasteiger partial charge in [0.15, 0.2) is 6.23 Å². The molecule has 0 radical (unpaired) electrons. The minimum atomic E-state index is -0.909. The maximum atomic E-state index is 12.5. The van der Waals surface area contributed by atoms with Crippen molar-refractivity contribution < 1.29 is 19.4 Å². The quantitative estimate of drug-likeness (QED) is 0.862. The first-order valence-electron chi connectivity index (χ1n) is 8.65. The maximum Gasteiger partial charge on any atom is 0.308 e. The lowest BCUT2D eigenvalue weighted by Gasteiger charge is -2.38. The Kier molecular flexibility index (Phi) is 5.86. The first kappa shape index (κ1) is 17.9. The van der Waals surface area contributed by atoms with Gasteiger partial charge in [-0.25, -0.2) is 0 Å². The van der Waals surface area contributed by atoms with Crippen molar-refractivity contribution in [2.45, 2.75) is 12.6 Å². The van der Waals surface area contributed by atoms with E-state index < -0.39 is 12.2 Å². The third-order valence-corrected chi connectivity index (χ3v) is 4.39. The van der Waals surface area contributed by atoms with Crippen LogP contribution in [0.1, 0.15) is 16.8 Å². The van der Waals surface area contributed by atoms with E-state index >= 15 is 0 Å². The zero-order chi connectivity index (χ0) is 18.4. The number of carboxylic acid groups (broad SMARTS) is 1. The summed E-state index contributed by atoms with van der Waals surface area (Å²) >= 11 is 0. The third kappa shape index (κ3) is 4.61. The first-order valence-corrected chi connectivity index (χ1v) is 8.65. The van der Waals surface area contributed by atoms with Crippen molar-refractivity contribution in [1.82, 2.24) is 9.80 Å². The standard InChI is InChI=1S/C20H22N2O4/c23-19(24)15-18(26-17-9-5-2-6-10-17)21-11-13-22(14-12-21)20(25)16-7-3-1-4-8-16/h1-10,18H,11-15H2,(H,23,24). The largest absolute Gasteiger partial charge is 0.481 e. The second kappa shape index (κ2) is 8.49. The number of amides is 1. The number of para-hydroxylation sites is 1. The molecule has 1 aliphatic heterocycles. The van der Waals surface area contributed by atoms with Crippen molar-refractivity contribution in [1.29, 1.82) is 0 Å². The molecule has 0 saturated carbocycles. The van der Waals surface area contributed by atoms with Gasteiger partial charge in [0.2, 0.25) is 0 Å². The molecule has 136 valence electrons. The number of carbonyl (C=O) groups is 2. The fourth-order valence-electron chi connectivity index (χ4n) is 3.03. The molecule has 0 spiro atoms. The average molecular weight is 354 g/mol. The van der Waals surface area contributed by atoms with Crippen LogP contribution in [0.3, 0.4) is 0 Å². The molecular formula is C20H22N2O4. The van der Waals surface area contributed by atoms with E-state index in [-0.39, 0.29) is 12.3 Å². The van der Waals surface area contributed by atoms with E-state index in [1.54, 1.807) is 17.0 Å². The topological polar surface area (TPSA) is 70.1 Å². The summed E-state index contributed by atoms with van der Waals surface area (Å²) in [6.45, 7) is 2.23. The first-order chi connectivity index (χ1) is 12.6. The fourth-order valence-corrected chi connectivity index (χ4v) is 3.03. The van der Waals surface area contributed by atoms with Crippen molar-refractivity contribution in [3.8, 4) is 5.75 Å². The summed E-state index contributed by atoms with van der Waals surface area (Å²) < 4.78 is 5.89. The summed E-state index contributed by atoms with van der Waals surface area (Å²) in [5.74, 6) is -0.265. The van der Waals surface area contributed by atoms with Gasteiger partial charge in [-0.15, -0.1) is 0 Å². The monoisotopic (exact) mass is 354 g/mol. The highest BCUT2D eigenvalue weighted by molar-refractivity contribution is 5.94. The summed E-state index contributed by atoms with van der Waals surface area (Å²) in [7, 11) is 0. The van der Waals surface area contributed by atoms with E-state index in [2.05, 4.69) is 0 Å². The Morgan fingerprint density at radius 1 is 0.923 bits per heavy atom. The molecule has 0 aliphatic carbocycles. The zero-order valence-corrected chi connectivity index (χ0v) is 14.5. The molecule has 1 saturated heterocycles. The van der Waals surface area contributed by atoms with Crippen LogP contribution in [0.4, 0.5) is 0 Å². The Morgan fingerprint density at radius 3 is 2.08 bits per heavy atom. The van der Waals surface area contributed by atoms with Crippen molar-refractivity contribution >= 4 is 11.9 Å². The SMILES string of the molecule is O=C(O)CC(Oc1ccccc1)N1CCN(C(=O)c2ccccc2)CC1. The van der Waals surface area contributed by atoms with E-state index in [0.717, 1.165) is 0 Å². The number of benzene rings is 2. The fraction of sp³-hybridized carbons (Fsp3) is 0.300. The number of nitrogens with zero attached hydrogens (tertiary/aromatic N) is 2. The Bertz CT molecular complexity index is 728. The second-order valence-electron chi connectivity index (χ2n) is 6.18. The lowest BCUT2D eigenvalue weighted by atomic mass is 10.1. The van der Waals surface area contributed by atoms with Gasteiger partial charge < -0.3 is 14.7 Å². The molecule has 26 heavy (non-hydrogen) atoms. The van der Waals surface area contributed by atoms with Crippen molar-refractivity contribution in [2.75, 3.05) is 26.2 Å². The van der Waals surface area contributed by atoms with Crippen molar-refractivity contribution in [3.63, 3.8) is 0 Å². The van der Waals surface area contributed by atoms with Gasteiger partial charge in [0, 0.05) is 31.7 Å². The minimum Gasteiger partial charge on any atom is -0.481 e. The molecule has 1 heterocycles. The van der Waals surface area contributed by atoms with Crippen LogP contribution in [-0.4, -0.2) is 59.2 Å². The highest BCUT2D eigenvalue weighted by Crippen LogP contribution is 2.18. The summed E-state index contributed by atoms with van der Waals surface area (Å²) in [5.41, 5.74) is 0.670. The highest BCUT2D eigenvalue weighted by Gasteiger charge is 2.29. The average Bonchev–Trinajstić information content (AvgIpc) is 2.68. The van der Waals surface area contributed by atoms with E-state index in [4.69, 9.17) is 4.74 Å². The van der Waals surface area contributed by atoms with Gasteiger partial charge in [-0.2, -0.15) is 0 Å². The molecule has 1 aliphatic rings. The van der Waals surface area contributed by atoms with Crippen LogP contribution >= 0.6 is 0 Å². The number of ether oxygens (including phenoxy) is 1. The van der Waals surface area contributed by atoms with Crippen LogP contribution < -0.4 is 4.74 Å². The lowest BCUT2D eigenvalue weighted by molar-refractivity contribution is -0.142. The zero-order valence-electron chi connectivity index (χ0n) is 14.5. The highest BCUT2D eigenvalue weighted by atomic mass is 16.5. The van der Waals surface area contributed by atoms with Gasteiger partial charge in [0.25, 0.3) is 5.91 Å². The van der Waals surface area contributed by atoms with Gasteiger partial charge in [-0.3, -0.25) is 14.5 Å². The molecule has 1 N–H and O–H groups in total. The van der Waals surface area contributed by atoms with E-state index in [0.29, 0.717) is 37.5 Å². The summed E-state index contributed by atoms with van der Waals surface area (Å²) in [6, 6.07) is 18.4. The molecule has 2 aromatic carbocycles. The van der Waals surface area contributed by atoms with Crippen LogP contribution in [0.15, 0.2) is 60.7 Å². The van der Waals surface area contributed by atoms with Gasteiger partial charge in [-0.1, -0.05) is 36.4 Å². The molecule has 1 unspecified atom stereocenters. The number of hydrogen-bond donors (Lipinski definition) is 1. The molecule has 1 fully saturated rings. The van der Waals surface area contributed by atoms with E-state index in [9.17, 15) is 14.7 Å². The number of carboxylic acids is 1. The predicted octanol–water partition coefficient (Wildman–Crippen LogP) is 2.32. The van der Waals surface area contributed by atoms with Crippen LogP contribution in [0.2, 0.25) is 0 Å². The maximum absolute atomic E-state index is 12.5. The van der Waals surface area contributed by atoms with Gasteiger partial charge in [0.05, 0.1) is 6.42 Å². The number of piperazine rings is 1. The summed E-state index contributed by atoms with van der Waals surface area (Å²) in [6.07, 6.45) is -0.662. The molecular weight excluding hydrogens is 332 g/mol. The van der Waals surface area contributed by atoms with E-state index in [1.807, 2.05) is 53.4 Å². The van der Waals surface area contributed by atoms with Crippen LogP contribution in [0.25, 0.3) is 0 Å². The van der Waals surface area contributed by atoms with E-state index in [1.165, 1.54) is 0 Å². The number of hydrogen-bond acceptors (Lipinski definition) is 4. The predicted molar refractivity (Wildman–Crippen MR) is 97.0 cm³/mol. The molecule has 6 heteroatoms. The Labute approximate surface area is 152 Å². The van der Waals surface area contributed by atoms with Crippen LogP contribution in [0, 0.1) is 0 Å². The minimum absolute atomic E-state index is 0.00372. The summed E-state index contributed by atoms with van der Waals surface area (Å²) in [4.78, 5) is 27.5. The molecule has 0 bridgehead atoms. The lowest BCUT2D eigenvalue weighted by Crippen LogP contribution is -2.53. The number of carbonyl (C=O) groups excluding carboxylic acids is 1. The Morgan fingerprint density at radius 2 is 1.50 bits per heavy atom. The Hall–Kier alpha value is -2.86. The Balaban J connectivity index is 1.62. The normalized spacial score (nSPS) is 16.1. The van der Waals surface area contributed by atoms with Gasteiger partial charge in [-0.05, 0) is 24.3 Å². The molecule has 2 aromatic rings. The molecule has 1 atom stereocenters. The smallest absolute Gasteiger partial charge is 0.308 e. The van der Waals surface area contributed by atoms with Crippen LogP contribution in [-0.2, 0) is 4.79 Å². The molecule has 0 aromatic heterocycles. The van der Waals surface area contributed by atoms with Gasteiger partial charge in [0.1, 0.15) is 5.75 Å².